The van der Waals surface area contributed by atoms with E-state index >= 15 is 0 Å². The van der Waals surface area contributed by atoms with Crippen LogP contribution >= 0.6 is 0 Å². The lowest BCUT2D eigenvalue weighted by Crippen LogP contribution is -2.40. The predicted octanol–water partition coefficient (Wildman–Crippen LogP) is 0.926. The molecular formula is C8H17F2N3. The second-order valence-corrected chi connectivity index (χ2v) is 3.19. The monoisotopic (exact) mass is 193 g/mol. The van der Waals surface area contributed by atoms with Gasteiger partial charge in [-0.3, -0.25) is 0 Å². The summed E-state index contributed by atoms with van der Waals surface area (Å²) in [4.78, 5) is 0. The molecule has 0 amide bonds. The van der Waals surface area contributed by atoms with E-state index in [0.717, 1.165) is 5.01 Å². The summed E-state index contributed by atoms with van der Waals surface area (Å²) in [5.74, 6) is 5.49. The van der Waals surface area contributed by atoms with Crippen LogP contribution in [0.25, 0.3) is 0 Å². The van der Waals surface area contributed by atoms with Crippen LogP contribution in [0.1, 0.15) is 13.8 Å². The molecule has 0 aliphatic rings. The molecule has 0 aliphatic heterocycles. The van der Waals surface area contributed by atoms with Gasteiger partial charge in [0.1, 0.15) is 19.4 Å². The van der Waals surface area contributed by atoms with Crippen LogP contribution in [0.4, 0.5) is 8.78 Å². The van der Waals surface area contributed by atoms with Gasteiger partial charge in [-0.25, -0.2) is 14.6 Å². The Morgan fingerprint density at radius 1 is 1.38 bits per heavy atom. The Bertz CT molecular complexity index is 167. The first-order chi connectivity index (χ1) is 6.02. The average molecular weight is 193 g/mol. The third kappa shape index (κ3) is 4.07. The number of halogens is 2. The summed E-state index contributed by atoms with van der Waals surface area (Å²) < 4.78 is 24.3. The van der Waals surface area contributed by atoms with Crippen LogP contribution < -0.4 is 11.6 Å². The standard InChI is InChI=1S/C8H17F2N3/c1-6(2)8(11)5-13(12)7(3-9)4-10/h5-7H,3-4,11-12H2,1-2H3/b8-5-. The van der Waals surface area contributed by atoms with E-state index in [4.69, 9.17) is 11.6 Å². The molecule has 78 valence electrons. The fourth-order valence-electron chi connectivity index (χ4n) is 0.627. The van der Waals surface area contributed by atoms with Crippen molar-refractivity contribution in [2.45, 2.75) is 19.9 Å². The van der Waals surface area contributed by atoms with Crippen LogP contribution in [0.2, 0.25) is 0 Å². The molecule has 0 unspecified atom stereocenters. The Labute approximate surface area is 77.3 Å². The van der Waals surface area contributed by atoms with Crippen molar-refractivity contribution in [2.24, 2.45) is 17.5 Å². The zero-order chi connectivity index (χ0) is 10.4. The molecule has 0 spiro atoms. The van der Waals surface area contributed by atoms with Gasteiger partial charge in [0.15, 0.2) is 0 Å². The highest BCUT2D eigenvalue weighted by Crippen LogP contribution is 2.05. The summed E-state index contributed by atoms with van der Waals surface area (Å²) in [6, 6.07) is -0.933. The van der Waals surface area contributed by atoms with E-state index in [1.54, 1.807) is 0 Å². The molecule has 0 aromatic rings. The molecule has 13 heavy (non-hydrogen) atoms. The molecule has 0 radical (unpaired) electrons. The minimum atomic E-state index is -0.933. The molecular weight excluding hydrogens is 176 g/mol. The van der Waals surface area contributed by atoms with Crippen molar-refractivity contribution in [1.82, 2.24) is 5.01 Å². The minimum Gasteiger partial charge on any atom is -0.401 e. The highest BCUT2D eigenvalue weighted by Gasteiger charge is 2.12. The molecule has 0 bridgehead atoms. The highest BCUT2D eigenvalue weighted by atomic mass is 19.1. The van der Waals surface area contributed by atoms with Crippen LogP contribution in [0, 0.1) is 5.92 Å². The van der Waals surface area contributed by atoms with E-state index in [1.807, 2.05) is 13.8 Å². The molecule has 5 heteroatoms. The van der Waals surface area contributed by atoms with Crippen molar-refractivity contribution in [1.29, 1.82) is 0 Å². The van der Waals surface area contributed by atoms with Gasteiger partial charge in [-0.2, -0.15) is 0 Å². The van der Waals surface area contributed by atoms with Gasteiger partial charge in [0.2, 0.25) is 0 Å². The Kier molecular flexibility index (Phi) is 5.37. The van der Waals surface area contributed by atoms with E-state index in [0.29, 0.717) is 5.70 Å². The second kappa shape index (κ2) is 5.75. The van der Waals surface area contributed by atoms with Gasteiger partial charge in [-0.15, -0.1) is 0 Å². The smallest absolute Gasteiger partial charge is 0.114 e. The maximum absolute atomic E-state index is 12.1. The van der Waals surface area contributed by atoms with E-state index < -0.39 is 19.4 Å². The fraction of sp³-hybridized carbons (Fsp3) is 0.750. The lowest BCUT2D eigenvalue weighted by atomic mass is 10.1. The molecule has 0 aliphatic carbocycles. The van der Waals surface area contributed by atoms with Crippen molar-refractivity contribution in [3.05, 3.63) is 11.9 Å². The number of nitrogens with zero attached hydrogens (tertiary/aromatic N) is 1. The van der Waals surface area contributed by atoms with Crippen molar-refractivity contribution in [2.75, 3.05) is 13.3 Å². The molecule has 0 aromatic carbocycles. The van der Waals surface area contributed by atoms with E-state index in [2.05, 4.69) is 0 Å². The third-order valence-corrected chi connectivity index (χ3v) is 1.74. The first-order valence-corrected chi connectivity index (χ1v) is 4.15. The number of nitrogens with two attached hydrogens (primary N) is 2. The first-order valence-electron chi connectivity index (χ1n) is 4.15. The Balaban J connectivity index is 4.25. The predicted molar refractivity (Wildman–Crippen MR) is 48.9 cm³/mol. The summed E-state index contributed by atoms with van der Waals surface area (Å²) in [6.45, 7) is 2.10. The summed E-state index contributed by atoms with van der Waals surface area (Å²) in [7, 11) is 0. The topological polar surface area (TPSA) is 55.3 Å². The maximum Gasteiger partial charge on any atom is 0.114 e. The molecule has 0 fully saturated rings. The molecule has 0 aromatic heterocycles. The van der Waals surface area contributed by atoms with Crippen molar-refractivity contribution in [3.63, 3.8) is 0 Å². The lowest BCUT2D eigenvalue weighted by Gasteiger charge is -2.22. The Morgan fingerprint density at radius 2 is 1.85 bits per heavy atom. The van der Waals surface area contributed by atoms with Crippen LogP contribution in [-0.2, 0) is 0 Å². The Morgan fingerprint density at radius 3 is 2.15 bits per heavy atom. The number of hydrazine groups is 1. The van der Waals surface area contributed by atoms with Gasteiger partial charge in [0.05, 0.1) is 0 Å². The Hall–Kier alpha value is -0.840. The van der Waals surface area contributed by atoms with E-state index in [-0.39, 0.29) is 5.92 Å². The third-order valence-electron chi connectivity index (χ3n) is 1.74. The summed E-state index contributed by atoms with van der Waals surface area (Å²) in [5, 5.41) is 0.981. The molecule has 0 rings (SSSR count). The van der Waals surface area contributed by atoms with Crippen LogP contribution in [-0.4, -0.2) is 24.4 Å². The SMILES string of the molecule is CC(C)/C(N)=C/N(N)C(CF)CF. The summed E-state index contributed by atoms with van der Waals surface area (Å²) in [6.07, 6.45) is 1.37. The molecule has 0 heterocycles. The quantitative estimate of drug-likeness (QED) is 0.504. The zero-order valence-electron chi connectivity index (χ0n) is 8.00. The van der Waals surface area contributed by atoms with E-state index in [1.165, 1.54) is 6.20 Å². The molecule has 0 saturated carbocycles. The van der Waals surface area contributed by atoms with Gasteiger partial charge in [-0.05, 0) is 5.92 Å². The van der Waals surface area contributed by atoms with Crippen LogP contribution in [0.15, 0.2) is 11.9 Å². The summed E-state index contributed by atoms with van der Waals surface area (Å²) in [5.41, 5.74) is 6.07. The van der Waals surface area contributed by atoms with Crippen LogP contribution in [0.3, 0.4) is 0 Å². The largest absolute Gasteiger partial charge is 0.401 e. The van der Waals surface area contributed by atoms with E-state index in [9.17, 15) is 8.78 Å². The van der Waals surface area contributed by atoms with Crippen molar-refractivity contribution >= 4 is 0 Å². The second-order valence-electron chi connectivity index (χ2n) is 3.19. The fourth-order valence-corrected chi connectivity index (χ4v) is 0.627. The van der Waals surface area contributed by atoms with Gasteiger partial charge >= 0.3 is 0 Å². The molecule has 0 saturated heterocycles. The number of rotatable bonds is 5. The molecule has 3 nitrogen and oxygen atoms in total. The number of hydrogen-bond acceptors (Lipinski definition) is 3. The normalized spacial score (nSPS) is 12.7. The number of hydrogen-bond donors (Lipinski definition) is 2. The van der Waals surface area contributed by atoms with Gasteiger partial charge < -0.3 is 10.7 Å². The van der Waals surface area contributed by atoms with Crippen molar-refractivity contribution < 1.29 is 8.78 Å². The maximum atomic E-state index is 12.1. The van der Waals surface area contributed by atoms with Crippen LogP contribution in [0.5, 0.6) is 0 Å². The minimum absolute atomic E-state index is 0.117. The zero-order valence-corrected chi connectivity index (χ0v) is 8.00. The lowest BCUT2D eigenvalue weighted by molar-refractivity contribution is 0.190. The van der Waals surface area contributed by atoms with Crippen molar-refractivity contribution in [3.8, 4) is 0 Å². The van der Waals surface area contributed by atoms with Gasteiger partial charge in [0.25, 0.3) is 0 Å². The number of alkyl halides is 2. The van der Waals surface area contributed by atoms with Gasteiger partial charge in [0, 0.05) is 11.9 Å². The molecule has 0 atom stereocenters. The highest BCUT2D eigenvalue weighted by molar-refractivity contribution is 4.98. The molecule has 4 N–H and O–H groups in total. The number of allylic oxidation sites excluding steroid dienone is 1. The van der Waals surface area contributed by atoms with Gasteiger partial charge in [-0.1, -0.05) is 13.8 Å². The summed E-state index contributed by atoms with van der Waals surface area (Å²) >= 11 is 0. The first kappa shape index (κ1) is 12.2. The average Bonchev–Trinajstić information content (AvgIpc) is 2.06.